The third kappa shape index (κ3) is 3.20. The van der Waals surface area contributed by atoms with Crippen molar-refractivity contribution in [3.63, 3.8) is 0 Å². The summed E-state index contributed by atoms with van der Waals surface area (Å²) in [6, 6.07) is 0. The first-order valence-electron chi connectivity index (χ1n) is 5.25. The quantitative estimate of drug-likeness (QED) is 0.529. The van der Waals surface area contributed by atoms with Crippen LogP contribution in [0.5, 0.6) is 0 Å². The molecule has 0 aliphatic carbocycles. The van der Waals surface area contributed by atoms with Gasteiger partial charge >= 0.3 is 5.97 Å². The van der Waals surface area contributed by atoms with Crippen molar-refractivity contribution in [2.75, 3.05) is 7.11 Å². The molecular formula is C12H18O3. The molecule has 0 saturated heterocycles. The van der Waals surface area contributed by atoms with Gasteiger partial charge in [-0.1, -0.05) is 19.1 Å². The summed E-state index contributed by atoms with van der Waals surface area (Å²) in [6.07, 6.45) is 7.13. The van der Waals surface area contributed by atoms with Gasteiger partial charge in [0.15, 0.2) is 6.10 Å². The smallest absolute Gasteiger partial charge is 0.339 e. The third-order valence-electron chi connectivity index (χ3n) is 2.44. The first kappa shape index (κ1) is 12.0. The highest BCUT2D eigenvalue weighted by molar-refractivity contribution is 5.77. The van der Waals surface area contributed by atoms with E-state index in [9.17, 15) is 4.79 Å². The van der Waals surface area contributed by atoms with Gasteiger partial charge in [-0.3, -0.25) is 0 Å². The largest absolute Gasteiger partial charge is 0.467 e. The van der Waals surface area contributed by atoms with Gasteiger partial charge < -0.3 is 9.47 Å². The molecule has 0 aromatic rings. The molecule has 0 unspecified atom stereocenters. The second kappa shape index (κ2) is 5.71. The average Bonchev–Trinajstić information content (AvgIpc) is 2.28. The van der Waals surface area contributed by atoms with Crippen LogP contribution in [0.4, 0.5) is 0 Å². The van der Waals surface area contributed by atoms with E-state index < -0.39 is 6.10 Å². The molecule has 84 valence electrons. The molecule has 0 aromatic heterocycles. The average molecular weight is 210 g/mol. The summed E-state index contributed by atoms with van der Waals surface area (Å²) in [5.41, 5.74) is 1.18. The zero-order valence-corrected chi connectivity index (χ0v) is 9.53. The molecule has 0 aromatic carbocycles. The van der Waals surface area contributed by atoms with Crippen molar-refractivity contribution in [3.8, 4) is 0 Å². The van der Waals surface area contributed by atoms with Crippen molar-refractivity contribution in [1.82, 2.24) is 0 Å². The second-order valence-corrected chi connectivity index (χ2v) is 3.59. The number of allylic oxidation sites excluding steroid dienone is 1. The van der Waals surface area contributed by atoms with E-state index in [1.807, 2.05) is 13.0 Å². The van der Waals surface area contributed by atoms with Gasteiger partial charge in [-0.15, -0.1) is 0 Å². The van der Waals surface area contributed by atoms with Gasteiger partial charge in [0.05, 0.1) is 13.2 Å². The molecule has 1 heterocycles. The number of hydrogen-bond donors (Lipinski definition) is 0. The lowest BCUT2D eigenvalue weighted by atomic mass is 10.0. The summed E-state index contributed by atoms with van der Waals surface area (Å²) in [5, 5.41) is 0. The van der Waals surface area contributed by atoms with Gasteiger partial charge in [-0.25, -0.2) is 4.79 Å². The van der Waals surface area contributed by atoms with E-state index in [-0.39, 0.29) is 12.1 Å². The van der Waals surface area contributed by atoms with Crippen LogP contribution in [0.1, 0.15) is 26.7 Å². The van der Waals surface area contributed by atoms with E-state index in [4.69, 9.17) is 4.74 Å². The lowest BCUT2D eigenvalue weighted by Gasteiger charge is -2.25. The molecule has 3 nitrogen and oxygen atoms in total. The molecule has 1 aliphatic rings. The molecule has 3 heteroatoms. The Morgan fingerprint density at radius 2 is 2.40 bits per heavy atom. The molecular weight excluding hydrogens is 192 g/mol. The Bertz CT molecular complexity index is 279. The van der Waals surface area contributed by atoms with Crippen molar-refractivity contribution in [2.24, 2.45) is 0 Å². The molecule has 0 spiro atoms. The molecule has 1 rings (SSSR count). The van der Waals surface area contributed by atoms with Gasteiger partial charge in [0.25, 0.3) is 0 Å². The van der Waals surface area contributed by atoms with E-state index >= 15 is 0 Å². The van der Waals surface area contributed by atoms with Crippen LogP contribution < -0.4 is 0 Å². The van der Waals surface area contributed by atoms with Gasteiger partial charge in [0.2, 0.25) is 0 Å². The number of carbonyl (C=O) groups excluding carboxylic acids is 1. The molecule has 0 bridgehead atoms. The van der Waals surface area contributed by atoms with Crippen molar-refractivity contribution < 1.29 is 14.3 Å². The molecule has 0 N–H and O–H groups in total. The lowest BCUT2D eigenvalue weighted by Crippen LogP contribution is -2.32. The van der Waals surface area contributed by atoms with Crippen molar-refractivity contribution >= 4 is 5.97 Å². The highest BCUT2D eigenvalue weighted by Crippen LogP contribution is 2.19. The lowest BCUT2D eigenvalue weighted by molar-refractivity contribution is -0.153. The highest BCUT2D eigenvalue weighted by Gasteiger charge is 2.25. The topological polar surface area (TPSA) is 35.5 Å². The standard InChI is InChI=1S/C12H18O3/c1-4-6-9(2)10-7-5-8-11(15-10)12(13)14-3/h5-6,8,10-11H,4,7H2,1-3H3/b9-6+/t10-,11+/m1/s1. The summed E-state index contributed by atoms with van der Waals surface area (Å²) in [7, 11) is 1.37. The van der Waals surface area contributed by atoms with Crippen LogP contribution in [0.15, 0.2) is 23.8 Å². The highest BCUT2D eigenvalue weighted by atomic mass is 16.6. The fraction of sp³-hybridized carbons (Fsp3) is 0.583. The zero-order valence-electron chi connectivity index (χ0n) is 9.53. The van der Waals surface area contributed by atoms with Crippen LogP contribution in [0.3, 0.4) is 0 Å². The van der Waals surface area contributed by atoms with Gasteiger partial charge in [0, 0.05) is 0 Å². The number of esters is 1. The fourth-order valence-corrected chi connectivity index (χ4v) is 1.60. The molecule has 0 radical (unpaired) electrons. The SMILES string of the molecule is CC/C=C(\C)[C@H]1CC=C[C@@H](C(=O)OC)O1. The Labute approximate surface area is 90.8 Å². The fourth-order valence-electron chi connectivity index (χ4n) is 1.60. The van der Waals surface area contributed by atoms with Crippen LogP contribution in [0, 0.1) is 0 Å². The number of hydrogen-bond acceptors (Lipinski definition) is 3. The molecule has 2 atom stereocenters. The summed E-state index contributed by atoms with van der Waals surface area (Å²) >= 11 is 0. The maximum absolute atomic E-state index is 11.3. The Hall–Kier alpha value is -1.09. The van der Waals surface area contributed by atoms with E-state index in [2.05, 4.69) is 17.7 Å². The van der Waals surface area contributed by atoms with Crippen molar-refractivity contribution in [2.45, 2.75) is 38.9 Å². The summed E-state index contributed by atoms with van der Waals surface area (Å²) < 4.78 is 10.3. The van der Waals surface area contributed by atoms with Crippen LogP contribution >= 0.6 is 0 Å². The molecule has 1 aliphatic heterocycles. The van der Waals surface area contributed by atoms with Crippen LogP contribution in [0.2, 0.25) is 0 Å². The van der Waals surface area contributed by atoms with E-state index in [1.54, 1.807) is 6.08 Å². The first-order chi connectivity index (χ1) is 7.19. The van der Waals surface area contributed by atoms with E-state index in [1.165, 1.54) is 12.7 Å². The van der Waals surface area contributed by atoms with E-state index in [0.29, 0.717) is 0 Å². The summed E-state index contributed by atoms with van der Waals surface area (Å²) in [6.45, 7) is 4.11. The summed E-state index contributed by atoms with van der Waals surface area (Å²) in [4.78, 5) is 11.3. The number of ether oxygens (including phenoxy) is 2. The Balaban J connectivity index is 2.63. The maximum Gasteiger partial charge on any atom is 0.339 e. The maximum atomic E-state index is 11.3. The summed E-state index contributed by atoms with van der Waals surface area (Å²) in [5.74, 6) is -0.333. The normalized spacial score (nSPS) is 26.5. The third-order valence-corrected chi connectivity index (χ3v) is 2.44. The number of carbonyl (C=O) groups is 1. The van der Waals surface area contributed by atoms with E-state index in [0.717, 1.165) is 12.8 Å². The predicted molar refractivity (Wildman–Crippen MR) is 58.5 cm³/mol. The monoisotopic (exact) mass is 210 g/mol. The van der Waals surface area contributed by atoms with Gasteiger partial charge in [0.1, 0.15) is 0 Å². The second-order valence-electron chi connectivity index (χ2n) is 3.59. The zero-order chi connectivity index (χ0) is 11.3. The van der Waals surface area contributed by atoms with Crippen molar-refractivity contribution in [3.05, 3.63) is 23.8 Å². The molecule has 0 saturated carbocycles. The number of rotatable bonds is 3. The Morgan fingerprint density at radius 3 is 3.00 bits per heavy atom. The molecule has 0 fully saturated rings. The van der Waals surface area contributed by atoms with Crippen LogP contribution in [-0.4, -0.2) is 25.3 Å². The minimum absolute atomic E-state index is 0.0130. The molecule has 0 amide bonds. The first-order valence-corrected chi connectivity index (χ1v) is 5.25. The van der Waals surface area contributed by atoms with Crippen LogP contribution in [0.25, 0.3) is 0 Å². The number of methoxy groups -OCH3 is 1. The predicted octanol–water partition coefficient (Wildman–Crippen LogP) is 2.23. The van der Waals surface area contributed by atoms with Crippen molar-refractivity contribution in [1.29, 1.82) is 0 Å². The van der Waals surface area contributed by atoms with Gasteiger partial charge in [-0.05, 0) is 31.4 Å². The van der Waals surface area contributed by atoms with Gasteiger partial charge in [-0.2, -0.15) is 0 Å². The minimum atomic E-state index is -0.547. The van der Waals surface area contributed by atoms with Crippen LogP contribution in [-0.2, 0) is 14.3 Å². The molecule has 15 heavy (non-hydrogen) atoms. The Kier molecular flexibility index (Phi) is 4.56. The minimum Gasteiger partial charge on any atom is -0.467 e. The Morgan fingerprint density at radius 1 is 1.67 bits per heavy atom.